The number of anilines is 3. The van der Waals surface area contributed by atoms with Crippen molar-refractivity contribution in [2.45, 2.75) is 13.3 Å². The van der Waals surface area contributed by atoms with Crippen molar-refractivity contribution in [2.24, 2.45) is 5.73 Å². The van der Waals surface area contributed by atoms with Gasteiger partial charge in [0, 0.05) is 5.69 Å². The third-order valence-corrected chi connectivity index (χ3v) is 2.80. The number of aromatic nitrogens is 1. The van der Waals surface area contributed by atoms with E-state index in [0.29, 0.717) is 12.4 Å². The first kappa shape index (κ1) is 14.6. The number of ether oxygens (including phenoxy) is 1. The molecule has 0 radical (unpaired) electrons. The monoisotopic (exact) mass is 286 g/mol. The topological polar surface area (TPSA) is 103 Å². The van der Waals surface area contributed by atoms with E-state index in [-0.39, 0.29) is 11.3 Å². The Kier molecular flexibility index (Phi) is 4.61. The molecular weight excluding hydrogens is 268 g/mol. The summed E-state index contributed by atoms with van der Waals surface area (Å²) >= 11 is 0. The highest BCUT2D eigenvalue weighted by atomic mass is 16.5. The van der Waals surface area contributed by atoms with Crippen molar-refractivity contribution in [3.05, 3.63) is 42.1 Å². The molecule has 0 unspecified atom stereocenters. The fraction of sp³-hybridized carbons (Fsp3) is 0.200. The Morgan fingerprint density at radius 2 is 2.05 bits per heavy atom. The molecule has 6 heteroatoms. The summed E-state index contributed by atoms with van der Waals surface area (Å²) in [5, 5.41) is 3.08. The lowest BCUT2D eigenvalue weighted by Gasteiger charge is -2.09. The SMILES string of the molecule is CCCOc1ccc(Nc2cc(C(N)=O)c(N)cn2)cc1. The molecule has 2 aromatic rings. The number of nitrogens with zero attached hydrogens (tertiary/aromatic N) is 1. The molecule has 0 saturated carbocycles. The number of nitrogen functional groups attached to an aromatic ring is 1. The predicted molar refractivity (Wildman–Crippen MR) is 82.7 cm³/mol. The standard InChI is InChI=1S/C15H18N4O2/c1-2-7-21-11-5-3-10(4-6-11)19-14-8-12(15(17)20)13(16)9-18-14/h3-6,8-9H,2,7,16H2,1H3,(H2,17,20)(H,18,19). The van der Waals surface area contributed by atoms with E-state index in [0.717, 1.165) is 17.9 Å². The minimum Gasteiger partial charge on any atom is -0.494 e. The van der Waals surface area contributed by atoms with Crippen molar-refractivity contribution in [2.75, 3.05) is 17.7 Å². The van der Waals surface area contributed by atoms with E-state index in [1.165, 1.54) is 12.3 Å². The third-order valence-electron chi connectivity index (χ3n) is 2.80. The van der Waals surface area contributed by atoms with E-state index in [2.05, 4.69) is 17.2 Å². The van der Waals surface area contributed by atoms with Crippen LogP contribution < -0.4 is 21.5 Å². The lowest BCUT2D eigenvalue weighted by Crippen LogP contribution is -2.14. The molecule has 1 aromatic heterocycles. The summed E-state index contributed by atoms with van der Waals surface area (Å²) in [7, 11) is 0. The van der Waals surface area contributed by atoms with Gasteiger partial charge in [-0.15, -0.1) is 0 Å². The molecule has 2 rings (SSSR count). The molecule has 1 heterocycles. The number of nitrogens with two attached hydrogens (primary N) is 2. The molecule has 0 saturated heterocycles. The van der Waals surface area contributed by atoms with Crippen LogP contribution in [0.1, 0.15) is 23.7 Å². The molecule has 0 bridgehead atoms. The fourth-order valence-corrected chi connectivity index (χ4v) is 1.75. The van der Waals surface area contributed by atoms with Crippen LogP contribution >= 0.6 is 0 Å². The number of pyridine rings is 1. The zero-order chi connectivity index (χ0) is 15.2. The Morgan fingerprint density at radius 1 is 1.33 bits per heavy atom. The second-order valence-electron chi connectivity index (χ2n) is 4.52. The summed E-state index contributed by atoms with van der Waals surface area (Å²) in [5.41, 5.74) is 12.2. The van der Waals surface area contributed by atoms with Crippen LogP contribution in [0.25, 0.3) is 0 Å². The smallest absolute Gasteiger partial charge is 0.250 e. The quantitative estimate of drug-likeness (QED) is 0.756. The minimum atomic E-state index is -0.582. The summed E-state index contributed by atoms with van der Waals surface area (Å²) < 4.78 is 5.51. The number of primary amides is 1. The number of hydrogen-bond acceptors (Lipinski definition) is 5. The van der Waals surface area contributed by atoms with Crippen molar-refractivity contribution in [3.8, 4) is 5.75 Å². The number of carbonyl (C=O) groups excluding carboxylic acids is 1. The van der Waals surface area contributed by atoms with Crippen molar-refractivity contribution >= 4 is 23.1 Å². The van der Waals surface area contributed by atoms with E-state index < -0.39 is 5.91 Å². The molecule has 0 spiro atoms. The maximum absolute atomic E-state index is 11.2. The van der Waals surface area contributed by atoms with Crippen molar-refractivity contribution in [3.63, 3.8) is 0 Å². The highest BCUT2D eigenvalue weighted by molar-refractivity contribution is 5.98. The Bertz CT molecular complexity index is 626. The van der Waals surface area contributed by atoms with E-state index in [1.807, 2.05) is 24.3 Å². The average molecular weight is 286 g/mol. The molecule has 0 aliphatic rings. The van der Waals surface area contributed by atoms with Crippen LogP contribution in [0.5, 0.6) is 5.75 Å². The van der Waals surface area contributed by atoms with Crippen LogP contribution in [0.2, 0.25) is 0 Å². The van der Waals surface area contributed by atoms with Gasteiger partial charge in [-0.1, -0.05) is 6.92 Å². The summed E-state index contributed by atoms with van der Waals surface area (Å²) in [6.07, 6.45) is 2.37. The van der Waals surface area contributed by atoms with Gasteiger partial charge in [-0.05, 0) is 36.8 Å². The summed E-state index contributed by atoms with van der Waals surface area (Å²) in [4.78, 5) is 15.4. The first-order valence-corrected chi connectivity index (χ1v) is 6.65. The molecule has 5 N–H and O–H groups in total. The van der Waals surface area contributed by atoms with Gasteiger partial charge in [0.25, 0.3) is 5.91 Å². The molecule has 110 valence electrons. The minimum absolute atomic E-state index is 0.246. The number of carbonyl (C=O) groups is 1. The number of nitrogens with one attached hydrogen (secondary N) is 1. The van der Waals surface area contributed by atoms with Crippen LogP contribution in [-0.2, 0) is 0 Å². The van der Waals surface area contributed by atoms with Gasteiger partial charge in [0.05, 0.1) is 24.1 Å². The number of hydrogen-bond donors (Lipinski definition) is 3. The molecule has 21 heavy (non-hydrogen) atoms. The van der Waals surface area contributed by atoms with E-state index >= 15 is 0 Å². The van der Waals surface area contributed by atoms with Crippen LogP contribution in [-0.4, -0.2) is 17.5 Å². The van der Waals surface area contributed by atoms with Crippen molar-refractivity contribution in [1.82, 2.24) is 4.98 Å². The van der Waals surface area contributed by atoms with Gasteiger partial charge in [-0.2, -0.15) is 0 Å². The lowest BCUT2D eigenvalue weighted by atomic mass is 10.2. The van der Waals surface area contributed by atoms with Crippen molar-refractivity contribution in [1.29, 1.82) is 0 Å². The highest BCUT2D eigenvalue weighted by Crippen LogP contribution is 2.21. The Morgan fingerprint density at radius 3 is 2.67 bits per heavy atom. The molecule has 0 fully saturated rings. The zero-order valence-electron chi connectivity index (χ0n) is 11.8. The van der Waals surface area contributed by atoms with Gasteiger partial charge in [0.15, 0.2) is 0 Å². The average Bonchev–Trinajstić information content (AvgIpc) is 2.48. The number of rotatable bonds is 6. The molecular formula is C15H18N4O2. The summed E-state index contributed by atoms with van der Waals surface area (Å²) in [5.74, 6) is 0.729. The van der Waals surface area contributed by atoms with E-state index in [9.17, 15) is 4.79 Å². The maximum atomic E-state index is 11.2. The van der Waals surface area contributed by atoms with Gasteiger partial charge in [-0.3, -0.25) is 4.79 Å². The van der Waals surface area contributed by atoms with E-state index in [4.69, 9.17) is 16.2 Å². The Hall–Kier alpha value is -2.76. The third kappa shape index (κ3) is 3.85. The van der Waals surface area contributed by atoms with Gasteiger partial charge >= 0.3 is 0 Å². The Labute approximate surface area is 123 Å². The van der Waals surface area contributed by atoms with Crippen LogP contribution in [0.15, 0.2) is 36.5 Å². The molecule has 0 aliphatic carbocycles. The van der Waals surface area contributed by atoms with Crippen LogP contribution in [0.3, 0.4) is 0 Å². The van der Waals surface area contributed by atoms with E-state index in [1.54, 1.807) is 0 Å². The molecule has 0 aliphatic heterocycles. The summed E-state index contributed by atoms with van der Waals surface area (Å²) in [6.45, 7) is 2.74. The first-order valence-electron chi connectivity index (χ1n) is 6.65. The second-order valence-corrected chi connectivity index (χ2v) is 4.52. The largest absolute Gasteiger partial charge is 0.494 e. The Balaban J connectivity index is 2.11. The van der Waals surface area contributed by atoms with Crippen LogP contribution in [0, 0.1) is 0 Å². The lowest BCUT2D eigenvalue weighted by molar-refractivity contribution is 0.100. The van der Waals surface area contributed by atoms with Crippen molar-refractivity contribution < 1.29 is 9.53 Å². The maximum Gasteiger partial charge on any atom is 0.250 e. The second kappa shape index (κ2) is 6.60. The number of amides is 1. The normalized spacial score (nSPS) is 10.1. The first-order chi connectivity index (χ1) is 10.1. The van der Waals surface area contributed by atoms with Gasteiger partial charge < -0.3 is 21.5 Å². The summed E-state index contributed by atoms with van der Waals surface area (Å²) in [6, 6.07) is 8.99. The highest BCUT2D eigenvalue weighted by Gasteiger charge is 2.08. The number of benzene rings is 1. The van der Waals surface area contributed by atoms with Gasteiger partial charge in [-0.25, -0.2) is 4.98 Å². The molecule has 1 amide bonds. The predicted octanol–water partition coefficient (Wildman–Crippen LogP) is 2.30. The zero-order valence-corrected chi connectivity index (χ0v) is 11.8. The van der Waals surface area contributed by atoms with Gasteiger partial charge in [0.1, 0.15) is 11.6 Å². The fourth-order valence-electron chi connectivity index (χ4n) is 1.75. The molecule has 1 aromatic carbocycles. The molecule has 0 atom stereocenters. The van der Waals surface area contributed by atoms with Gasteiger partial charge in [0.2, 0.25) is 0 Å². The molecule has 6 nitrogen and oxygen atoms in total. The van der Waals surface area contributed by atoms with Crippen LogP contribution in [0.4, 0.5) is 17.2 Å².